The molecule has 1 heterocycles. The molecular formula is C18H21ClOSi. The molecule has 0 N–H and O–H groups in total. The maximum atomic E-state index is 6.13. The molecule has 1 nitrogen and oxygen atoms in total. The van der Waals surface area contributed by atoms with E-state index in [4.69, 9.17) is 4.74 Å². The van der Waals surface area contributed by atoms with E-state index in [1.165, 1.54) is 28.9 Å². The Labute approximate surface area is 134 Å². The Bertz CT molecular complexity index is 498. The highest BCUT2D eigenvalue weighted by Crippen LogP contribution is 2.29. The van der Waals surface area contributed by atoms with Gasteiger partial charge in [-0.1, -0.05) is 60.7 Å². The van der Waals surface area contributed by atoms with Crippen LogP contribution in [0.4, 0.5) is 0 Å². The average Bonchev–Trinajstić information content (AvgIpc) is 2.56. The van der Waals surface area contributed by atoms with Crippen LogP contribution in [0.5, 0.6) is 0 Å². The van der Waals surface area contributed by atoms with Gasteiger partial charge in [-0.2, -0.15) is 0 Å². The molecule has 1 aliphatic heterocycles. The van der Waals surface area contributed by atoms with Crippen molar-refractivity contribution in [1.82, 2.24) is 0 Å². The van der Waals surface area contributed by atoms with Crippen LogP contribution >= 0.6 is 0 Å². The van der Waals surface area contributed by atoms with Crippen LogP contribution in [0.1, 0.15) is 19.3 Å². The minimum absolute atomic E-state index is 0. The van der Waals surface area contributed by atoms with Crippen molar-refractivity contribution in [3.8, 4) is 0 Å². The molecule has 3 heteroatoms. The van der Waals surface area contributed by atoms with Crippen molar-refractivity contribution in [1.29, 1.82) is 0 Å². The summed E-state index contributed by atoms with van der Waals surface area (Å²) in [5.74, 6) is 0. The molecule has 0 bridgehead atoms. The van der Waals surface area contributed by atoms with Gasteiger partial charge in [0.1, 0.15) is 6.42 Å². The van der Waals surface area contributed by atoms with Gasteiger partial charge in [-0.25, -0.2) is 4.74 Å². The molecule has 0 radical (unpaired) electrons. The molecule has 3 rings (SSSR count). The summed E-state index contributed by atoms with van der Waals surface area (Å²) in [6, 6.07) is 21.8. The van der Waals surface area contributed by atoms with Crippen LogP contribution in [-0.4, -0.2) is 14.7 Å². The lowest BCUT2D eigenvalue weighted by molar-refractivity contribution is -0.00000488. The van der Waals surface area contributed by atoms with Crippen molar-refractivity contribution in [2.75, 3.05) is 6.61 Å². The number of hydrogen-bond donors (Lipinski definition) is 0. The molecule has 21 heavy (non-hydrogen) atoms. The molecular weight excluding hydrogens is 296 g/mol. The Hall–Kier alpha value is -1.22. The summed E-state index contributed by atoms with van der Waals surface area (Å²) in [4.78, 5) is 0. The standard InChI is InChI=1S/C18H21OSi.ClH/c1-20(16-10-4-2-5-11-16,17-12-6-3-7-13-17)18-14-8-9-15-19-18;/h2-7,10-13H,8-9,14-15H2,1H3;1H/q+1;/p-1. The summed E-state index contributed by atoms with van der Waals surface area (Å²) in [5, 5.41) is 2.89. The van der Waals surface area contributed by atoms with E-state index in [2.05, 4.69) is 67.2 Å². The van der Waals surface area contributed by atoms with Crippen LogP contribution in [-0.2, 0) is 4.74 Å². The van der Waals surface area contributed by atoms with E-state index in [1.807, 2.05) is 0 Å². The number of halogens is 1. The third kappa shape index (κ3) is 3.18. The van der Waals surface area contributed by atoms with E-state index in [1.54, 1.807) is 0 Å². The van der Waals surface area contributed by atoms with Crippen molar-refractivity contribution < 1.29 is 17.1 Å². The smallest absolute Gasteiger partial charge is 0.369 e. The molecule has 110 valence electrons. The summed E-state index contributed by atoms with van der Waals surface area (Å²) < 4.78 is 6.13. The predicted octanol–water partition coefficient (Wildman–Crippen LogP) is 0.155. The van der Waals surface area contributed by atoms with Gasteiger partial charge >= 0.3 is 8.07 Å². The highest BCUT2D eigenvalue weighted by molar-refractivity contribution is 7.05. The van der Waals surface area contributed by atoms with Crippen LogP contribution in [0.15, 0.2) is 60.7 Å². The van der Waals surface area contributed by atoms with Crippen molar-refractivity contribution in [3.05, 3.63) is 66.4 Å². The van der Waals surface area contributed by atoms with Gasteiger partial charge in [0.05, 0.1) is 6.61 Å². The lowest BCUT2D eigenvalue weighted by atomic mass is 10.2. The molecule has 2 aromatic rings. The molecule has 0 atom stereocenters. The second kappa shape index (κ2) is 7.17. The Morgan fingerprint density at radius 2 is 1.38 bits per heavy atom. The first-order valence-electron chi connectivity index (χ1n) is 7.42. The maximum absolute atomic E-state index is 6.13. The zero-order chi connectivity index (χ0) is 13.8. The van der Waals surface area contributed by atoms with E-state index < -0.39 is 8.07 Å². The Morgan fingerprint density at radius 1 is 0.857 bits per heavy atom. The van der Waals surface area contributed by atoms with Crippen LogP contribution in [0.25, 0.3) is 0 Å². The van der Waals surface area contributed by atoms with Gasteiger partial charge in [0, 0.05) is 0 Å². The Morgan fingerprint density at radius 3 is 1.81 bits per heavy atom. The third-order valence-electron chi connectivity index (χ3n) is 4.33. The third-order valence-corrected chi connectivity index (χ3v) is 8.82. The lowest BCUT2D eigenvalue weighted by Gasteiger charge is -2.27. The molecule has 0 unspecified atom stereocenters. The highest BCUT2D eigenvalue weighted by atomic mass is 35.5. The fourth-order valence-electron chi connectivity index (χ4n) is 3.08. The fourth-order valence-corrected chi connectivity index (χ4v) is 6.84. The molecule has 1 saturated heterocycles. The van der Waals surface area contributed by atoms with Crippen molar-refractivity contribution in [2.45, 2.75) is 25.8 Å². The van der Waals surface area contributed by atoms with Crippen molar-refractivity contribution in [3.63, 3.8) is 0 Å². The van der Waals surface area contributed by atoms with Gasteiger partial charge in [0.25, 0.3) is 0 Å². The zero-order valence-corrected chi connectivity index (χ0v) is 14.1. The van der Waals surface area contributed by atoms with Gasteiger partial charge in [-0.15, -0.1) is 0 Å². The zero-order valence-electron chi connectivity index (χ0n) is 12.4. The quantitative estimate of drug-likeness (QED) is 0.579. The van der Waals surface area contributed by atoms with E-state index in [0.717, 1.165) is 13.0 Å². The van der Waals surface area contributed by atoms with Crippen LogP contribution in [0.3, 0.4) is 0 Å². The summed E-state index contributed by atoms with van der Waals surface area (Å²) in [5.41, 5.74) is 1.35. The summed E-state index contributed by atoms with van der Waals surface area (Å²) >= 11 is 0. The normalized spacial score (nSPS) is 15.4. The van der Waals surface area contributed by atoms with Gasteiger partial charge in [0.2, 0.25) is 0 Å². The molecule has 1 aliphatic rings. The monoisotopic (exact) mass is 316 g/mol. The molecule has 0 amide bonds. The Kier molecular flexibility index (Phi) is 5.51. The van der Waals surface area contributed by atoms with E-state index in [-0.39, 0.29) is 12.4 Å². The SMILES string of the molecule is C[Si](c1ccccc1)(c1ccccc1)[C+]1CCCCO1.[Cl-]. The number of rotatable bonds is 3. The summed E-state index contributed by atoms with van der Waals surface area (Å²) in [7, 11) is -1.91. The molecule has 0 saturated carbocycles. The van der Waals surface area contributed by atoms with Crippen LogP contribution in [0, 0.1) is 5.73 Å². The van der Waals surface area contributed by atoms with E-state index in [9.17, 15) is 0 Å². The first-order valence-corrected chi connectivity index (χ1v) is 9.92. The minimum atomic E-state index is -1.91. The molecule has 0 spiro atoms. The second-order valence-corrected chi connectivity index (χ2v) is 9.55. The van der Waals surface area contributed by atoms with Gasteiger partial charge < -0.3 is 12.4 Å². The van der Waals surface area contributed by atoms with Crippen LogP contribution < -0.4 is 22.8 Å². The highest BCUT2D eigenvalue weighted by Gasteiger charge is 2.54. The topological polar surface area (TPSA) is 9.23 Å². The molecule has 2 aromatic carbocycles. The fraction of sp³-hybridized carbons (Fsp3) is 0.278. The number of ether oxygens (including phenoxy) is 1. The Balaban J connectivity index is 0.00000161. The summed E-state index contributed by atoms with van der Waals surface area (Å²) in [6.07, 6.45) is 3.57. The summed E-state index contributed by atoms with van der Waals surface area (Å²) in [6.45, 7) is 3.32. The first kappa shape index (κ1) is 16.2. The number of benzene rings is 2. The van der Waals surface area contributed by atoms with E-state index in [0.29, 0.717) is 0 Å². The van der Waals surface area contributed by atoms with Gasteiger partial charge in [-0.3, -0.25) is 0 Å². The lowest BCUT2D eigenvalue weighted by Crippen LogP contribution is -3.00. The first-order chi connectivity index (χ1) is 9.82. The minimum Gasteiger partial charge on any atom is -1.00 e. The van der Waals surface area contributed by atoms with Crippen LogP contribution in [0.2, 0.25) is 6.55 Å². The van der Waals surface area contributed by atoms with E-state index >= 15 is 0 Å². The van der Waals surface area contributed by atoms with Gasteiger partial charge in [-0.05, 0) is 29.8 Å². The predicted molar refractivity (Wildman–Crippen MR) is 86.8 cm³/mol. The second-order valence-electron chi connectivity index (χ2n) is 5.59. The molecule has 1 fully saturated rings. The van der Waals surface area contributed by atoms with Gasteiger partial charge in [0.15, 0.2) is 5.73 Å². The number of hydrogen-bond acceptors (Lipinski definition) is 1. The average molecular weight is 317 g/mol. The largest absolute Gasteiger partial charge is 1.00 e. The molecule has 0 aromatic heterocycles. The maximum Gasteiger partial charge on any atom is 0.369 e. The van der Waals surface area contributed by atoms with Crippen molar-refractivity contribution >= 4 is 18.4 Å². The van der Waals surface area contributed by atoms with Crippen molar-refractivity contribution in [2.24, 2.45) is 0 Å². The molecule has 0 aliphatic carbocycles.